The molecule has 4 aromatic carbocycles. The summed E-state index contributed by atoms with van der Waals surface area (Å²) >= 11 is 0. The van der Waals surface area contributed by atoms with Crippen molar-refractivity contribution in [2.75, 3.05) is 0 Å². The molecule has 0 heterocycles. The Morgan fingerprint density at radius 2 is 1.12 bits per heavy atom. The van der Waals surface area contributed by atoms with E-state index in [0.29, 0.717) is 0 Å². The molecule has 2 atom stereocenters. The van der Waals surface area contributed by atoms with Crippen molar-refractivity contribution in [3.05, 3.63) is 144 Å². The van der Waals surface area contributed by atoms with E-state index in [0.717, 1.165) is 22.3 Å². The van der Waals surface area contributed by atoms with Gasteiger partial charge in [0.05, 0.1) is 11.6 Å². The third-order valence-corrected chi connectivity index (χ3v) is 5.95. The van der Waals surface area contributed by atoms with Gasteiger partial charge >= 0.3 is 5.97 Å². The average molecular weight is 452 g/mol. The van der Waals surface area contributed by atoms with Crippen LogP contribution in [0.15, 0.2) is 121 Å². The normalized spacial score (nSPS) is 13.1. The molecule has 0 bridgehead atoms. The van der Waals surface area contributed by atoms with Gasteiger partial charge < -0.3 is 9.84 Å². The predicted octanol–water partition coefficient (Wildman–Crippen LogP) is 5.06. The van der Waals surface area contributed by atoms with Gasteiger partial charge in [0.15, 0.2) is 0 Å². The third-order valence-electron chi connectivity index (χ3n) is 5.95. The Morgan fingerprint density at radius 1 is 0.735 bits per heavy atom. The highest BCUT2D eigenvalue weighted by Crippen LogP contribution is 2.37. The highest BCUT2D eigenvalue weighted by molar-refractivity contribution is 5.77. The summed E-state index contributed by atoms with van der Waals surface area (Å²) in [6, 6.07) is 38.5. The van der Waals surface area contributed by atoms with Crippen LogP contribution in [-0.2, 0) is 21.7 Å². The molecular weight excluding hydrogens is 422 g/mol. The van der Waals surface area contributed by atoms with Crippen molar-refractivity contribution in [1.82, 2.24) is 5.32 Å². The largest absolute Gasteiger partial charge is 0.460 e. The molecule has 0 saturated heterocycles. The fraction of sp³-hybridized carbons (Fsp3) is 0.167. The first-order valence-corrected chi connectivity index (χ1v) is 11.4. The third kappa shape index (κ3) is 5.09. The lowest BCUT2D eigenvalue weighted by Crippen LogP contribution is -2.56. The van der Waals surface area contributed by atoms with Crippen LogP contribution in [0.25, 0.3) is 0 Å². The number of aliphatic hydroxyl groups excluding tert-OH is 1. The van der Waals surface area contributed by atoms with E-state index in [9.17, 15) is 9.90 Å². The van der Waals surface area contributed by atoms with Gasteiger partial charge in [-0.1, -0.05) is 121 Å². The molecular formula is C30H29NO3. The number of esters is 1. The van der Waals surface area contributed by atoms with E-state index >= 15 is 0 Å². The Labute approximate surface area is 200 Å². The molecule has 172 valence electrons. The predicted molar refractivity (Wildman–Crippen MR) is 134 cm³/mol. The van der Waals surface area contributed by atoms with Gasteiger partial charge in [-0.15, -0.1) is 0 Å². The maximum atomic E-state index is 13.3. The maximum absolute atomic E-state index is 13.3. The molecule has 4 rings (SSSR count). The molecule has 0 saturated carbocycles. The lowest BCUT2D eigenvalue weighted by atomic mass is 9.76. The first-order chi connectivity index (χ1) is 16.6. The van der Waals surface area contributed by atoms with Gasteiger partial charge in [0.25, 0.3) is 0 Å². The highest BCUT2D eigenvalue weighted by atomic mass is 16.5. The molecule has 4 nitrogen and oxygen atoms in total. The smallest absolute Gasteiger partial charge is 0.326 e. The number of ether oxygens (including phenoxy) is 1. The second-order valence-corrected chi connectivity index (χ2v) is 8.30. The Morgan fingerprint density at radius 3 is 1.50 bits per heavy atom. The number of hydrogen-bond donors (Lipinski definition) is 2. The van der Waals surface area contributed by atoms with Gasteiger partial charge in [-0.3, -0.25) is 10.1 Å². The van der Waals surface area contributed by atoms with Gasteiger partial charge in [0, 0.05) is 0 Å². The maximum Gasteiger partial charge on any atom is 0.326 e. The SMILES string of the molecule is C[C@H](O)[C@@H](NC(c1ccccc1)(c1ccccc1)c1ccccc1)C(=O)OCc1ccccc1. The number of benzene rings is 4. The van der Waals surface area contributed by atoms with Crippen molar-refractivity contribution in [3.63, 3.8) is 0 Å². The lowest BCUT2D eigenvalue weighted by molar-refractivity contribution is -0.150. The fourth-order valence-corrected chi connectivity index (χ4v) is 4.24. The van der Waals surface area contributed by atoms with Crippen molar-refractivity contribution >= 4 is 5.97 Å². The lowest BCUT2D eigenvalue weighted by Gasteiger charge is -2.40. The Kier molecular flexibility index (Phi) is 7.53. The zero-order valence-electron chi connectivity index (χ0n) is 19.2. The summed E-state index contributed by atoms with van der Waals surface area (Å²) < 4.78 is 5.64. The molecule has 34 heavy (non-hydrogen) atoms. The van der Waals surface area contributed by atoms with Crippen LogP contribution in [0.5, 0.6) is 0 Å². The second-order valence-electron chi connectivity index (χ2n) is 8.30. The van der Waals surface area contributed by atoms with Crippen LogP contribution in [0.4, 0.5) is 0 Å². The van der Waals surface area contributed by atoms with E-state index in [2.05, 4.69) is 5.32 Å². The summed E-state index contributed by atoms with van der Waals surface area (Å²) in [5.41, 5.74) is 2.86. The van der Waals surface area contributed by atoms with Gasteiger partial charge in [-0.2, -0.15) is 0 Å². The van der Waals surface area contributed by atoms with E-state index in [1.165, 1.54) is 0 Å². The topological polar surface area (TPSA) is 58.6 Å². The molecule has 0 fully saturated rings. The molecule has 4 heteroatoms. The average Bonchev–Trinajstić information content (AvgIpc) is 2.90. The van der Waals surface area contributed by atoms with Crippen molar-refractivity contribution in [2.24, 2.45) is 0 Å². The zero-order valence-corrected chi connectivity index (χ0v) is 19.2. The van der Waals surface area contributed by atoms with E-state index < -0.39 is 23.7 Å². The van der Waals surface area contributed by atoms with Gasteiger partial charge in [-0.25, -0.2) is 0 Å². The first-order valence-electron chi connectivity index (χ1n) is 11.4. The molecule has 0 amide bonds. The van der Waals surface area contributed by atoms with E-state index in [1.807, 2.05) is 121 Å². The number of nitrogens with one attached hydrogen (secondary N) is 1. The molecule has 4 aromatic rings. The standard InChI is InChI=1S/C30H29NO3/c1-23(32)28(29(33)34-22-24-14-6-2-7-15-24)31-30(25-16-8-3-9-17-25,26-18-10-4-11-19-26)27-20-12-5-13-21-27/h2-21,23,28,31-32H,22H2,1H3/t23-,28+/m0/s1. The molecule has 0 radical (unpaired) electrons. The minimum absolute atomic E-state index is 0.138. The van der Waals surface area contributed by atoms with Crippen LogP contribution in [0.3, 0.4) is 0 Å². The molecule has 2 N–H and O–H groups in total. The van der Waals surface area contributed by atoms with E-state index in [1.54, 1.807) is 6.92 Å². The molecule has 0 unspecified atom stereocenters. The summed E-state index contributed by atoms with van der Waals surface area (Å²) in [5, 5.41) is 14.2. The zero-order chi connectivity index (χ0) is 23.8. The number of carbonyl (C=O) groups excluding carboxylic acids is 1. The second kappa shape index (κ2) is 10.9. The summed E-state index contributed by atoms with van der Waals surface area (Å²) in [4.78, 5) is 13.3. The van der Waals surface area contributed by atoms with Crippen LogP contribution < -0.4 is 5.32 Å². The first kappa shape index (κ1) is 23.4. The van der Waals surface area contributed by atoms with Crippen LogP contribution in [0, 0.1) is 0 Å². The van der Waals surface area contributed by atoms with Gasteiger partial charge in [-0.05, 0) is 29.2 Å². The van der Waals surface area contributed by atoms with Crippen LogP contribution in [0.1, 0.15) is 29.2 Å². The summed E-state index contributed by atoms with van der Waals surface area (Å²) in [7, 11) is 0. The number of hydrogen-bond acceptors (Lipinski definition) is 4. The molecule has 0 aromatic heterocycles. The van der Waals surface area contributed by atoms with Crippen LogP contribution in [-0.4, -0.2) is 23.2 Å². The molecule has 0 spiro atoms. The monoisotopic (exact) mass is 451 g/mol. The van der Waals surface area contributed by atoms with E-state index in [-0.39, 0.29) is 6.61 Å². The van der Waals surface area contributed by atoms with Crippen LogP contribution >= 0.6 is 0 Å². The molecule has 0 aliphatic rings. The Hall–Kier alpha value is -3.73. The highest BCUT2D eigenvalue weighted by Gasteiger charge is 2.41. The van der Waals surface area contributed by atoms with E-state index in [4.69, 9.17) is 4.74 Å². The van der Waals surface area contributed by atoms with Crippen molar-refractivity contribution in [2.45, 2.75) is 31.2 Å². The molecule has 0 aliphatic heterocycles. The van der Waals surface area contributed by atoms with Gasteiger partial charge in [0.1, 0.15) is 12.6 Å². The van der Waals surface area contributed by atoms with Crippen molar-refractivity contribution in [1.29, 1.82) is 0 Å². The quantitative estimate of drug-likeness (QED) is 0.276. The number of aliphatic hydroxyl groups is 1. The Bertz CT molecular complexity index is 1070. The van der Waals surface area contributed by atoms with Crippen molar-refractivity contribution < 1.29 is 14.6 Å². The fourth-order valence-electron chi connectivity index (χ4n) is 4.24. The number of rotatable bonds is 9. The summed E-state index contributed by atoms with van der Waals surface area (Å²) in [5.74, 6) is -0.508. The van der Waals surface area contributed by atoms with Gasteiger partial charge in [0.2, 0.25) is 0 Å². The minimum Gasteiger partial charge on any atom is -0.460 e. The summed E-state index contributed by atoms with van der Waals surface area (Å²) in [6.45, 7) is 1.74. The summed E-state index contributed by atoms with van der Waals surface area (Å²) in [6.07, 6.45) is -0.987. The Balaban J connectivity index is 1.78. The van der Waals surface area contributed by atoms with Crippen LogP contribution in [0.2, 0.25) is 0 Å². The van der Waals surface area contributed by atoms with Crippen molar-refractivity contribution in [3.8, 4) is 0 Å². The molecule has 0 aliphatic carbocycles. The number of carbonyl (C=O) groups is 1. The minimum atomic E-state index is -0.987.